The monoisotopic (exact) mass is 954 g/mol. The van der Waals surface area contributed by atoms with Gasteiger partial charge in [-0.3, -0.25) is 0 Å². The van der Waals surface area contributed by atoms with E-state index >= 15 is 0 Å². The van der Waals surface area contributed by atoms with Gasteiger partial charge in [-0.05, 0) is 122 Å². The molecule has 2 saturated heterocycles. The Morgan fingerprint density at radius 2 is 0.984 bits per heavy atom. The van der Waals surface area contributed by atoms with Gasteiger partial charge in [0.05, 0.1) is 32.4 Å². The number of phenolic OH excluding ortho intramolecular Hbond substituents is 1. The van der Waals surface area contributed by atoms with Crippen LogP contribution in [0.3, 0.4) is 0 Å². The maximum Gasteiger partial charge on any atom is 0.488 e. The van der Waals surface area contributed by atoms with Crippen molar-refractivity contribution >= 4 is 53.2 Å². The number of rotatable bonds is 9. The first-order chi connectivity index (χ1) is 28.9. The molecule has 0 spiro atoms. The van der Waals surface area contributed by atoms with Gasteiger partial charge in [0.2, 0.25) is 0 Å². The summed E-state index contributed by atoms with van der Waals surface area (Å²) in [5.41, 5.74) is 0.682. The summed E-state index contributed by atoms with van der Waals surface area (Å²) < 4.78 is 36.9. The van der Waals surface area contributed by atoms with Crippen molar-refractivity contribution in [3.05, 3.63) is 122 Å². The third kappa shape index (κ3) is 10.2. The Balaban J connectivity index is 0.000000156. The van der Waals surface area contributed by atoms with Crippen LogP contribution in [0.2, 0.25) is 10.0 Å². The molecule has 0 unspecified atom stereocenters. The Bertz CT molecular complexity index is 2030. The minimum atomic E-state index is -1.04. The molecule has 4 atom stereocenters. The second kappa shape index (κ2) is 18.6. The van der Waals surface area contributed by atoms with E-state index in [4.69, 9.17) is 51.3 Å². The molecule has 0 radical (unpaired) electrons. The number of hydrogen-bond donors (Lipinski definition) is 5. The molecule has 2 aliphatic carbocycles. The zero-order valence-corrected chi connectivity index (χ0v) is 40.2. The number of hydrogen-bond acceptors (Lipinski definition) is 11. The first-order valence-electron chi connectivity index (χ1n) is 20.8. The molecule has 0 saturated carbocycles. The predicted octanol–water partition coefficient (Wildman–Crippen LogP) is 8.65. The van der Waals surface area contributed by atoms with Crippen molar-refractivity contribution in [1.29, 1.82) is 0 Å². The molecule has 334 valence electrons. The van der Waals surface area contributed by atoms with Gasteiger partial charge >= 0.3 is 14.0 Å². The number of fused-ring (bicyclic) bond motifs is 2. The standard InChI is InChI=1S/C17H17BrClNO2.C17H18ClNO3.C12H24B2O4/c1-20-10-17(21)9-11-4-2-3-5-13(11)16(17)22-15-7-6-12(18)8-14(15)19;1-19-10-17(21)9-11-4-2-3-5-13(11)16(17)22-15-7-6-12(20)8-14(15)18;1-9(2)10(3,4)16-13(15-9)14-17-11(5,6)12(7,8)18-14/h2-8,16,20-21H,9-10H2,1H3;2-8,16,19-21H,9-10H2,1H3;1-8H3/t2*16-,17+;/m00./s1. The summed E-state index contributed by atoms with van der Waals surface area (Å²) in [6.07, 6.45) is 0.112. The normalized spacial score (nSPS) is 25.9. The second-order valence-corrected chi connectivity index (χ2v) is 20.2. The highest BCUT2D eigenvalue weighted by atomic mass is 79.9. The Hall–Kier alpha value is -2.85. The van der Waals surface area contributed by atoms with Gasteiger partial charge in [0, 0.05) is 36.5 Å². The molecule has 8 rings (SSSR count). The van der Waals surface area contributed by atoms with Crippen molar-refractivity contribution < 1.29 is 43.4 Å². The van der Waals surface area contributed by atoms with Gasteiger partial charge < -0.3 is 54.0 Å². The summed E-state index contributed by atoms with van der Waals surface area (Å²) >= 11 is 15.8. The lowest BCUT2D eigenvalue weighted by Crippen LogP contribution is -2.45. The summed E-state index contributed by atoms with van der Waals surface area (Å²) in [5, 5.41) is 38.4. The topological polar surface area (TPSA) is 140 Å². The van der Waals surface area contributed by atoms with Crippen LogP contribution in [-0.4, -0.2) is 90.1 Å². The highest BCUT2D eigenvalue weighted by Crippen LogP contribution is 2.46. The van der Waals surface area contributed by atoms with Crippen molar-refractivity contribution in [1.82, 2.24) is 10.6 Å². The van der Waals surface area contributed by atoms with E-state index in [1.807, 2.05) is 123 Å². The number of halogens is 3. The van der Waals surface area contributed by atoms with Crippen LogP contribution in [0.1, 0.15) is 89.9 Å². The van der Waals surface area contributed by atoms with Crippen LogP contribution in [0.15, 0.2) is 89.4 Å². The molecule has 2 fully saturated rings. The third-order valence-corrected chi connectivity index (χ3v) is 13.8. The fraction of sp³-hybridized carbons (Fsp3) is 0.478. The number of aromatic hydroxyl groups is 1. The first kappa shape index (κ1) is 48.6. The van der Waals surface area contributed by atoms with Gasteiger partial charge in [0.1, 0.15) is 28.5 Å². The van der Waals surface area contributed by atoms with Crippen molar-refractivity contribution in [2.45, 2.75) is 114 Å². The van der Waals surface area contributed by atoms with Gasteiger partial charge in [0.15, 0.2) is 12.2 Å². The van der Waals surface area contributed by atoms with Crippen LogP contribution in [0.4, 0.5) is 0 Å². The number of ether oxygens (including phenoxy) is 2. The molecule has 0 aromatic heterocycles. The van der Waals surface area contributed by atoms with Gasteiger partial charge in [-0.25, -0.2) is 0 Å². The molecular weight excluding hydrogens is 897 g/mol. The molecule has 4 aromatic carbocycles. The number of nitrogens with one attached hydrogen (secondary N) is 2. The van der Waals surface area contributed by atoms with E-state index in [-0.39, 0.29) is 28.2 Å². The minimum absolute atomic E-state index is 0.0784. The molecule has 2 aliphatic heterocycles. The maximum absolute atomic E-state index is 11.0. The number of phenols is 1. The average molecular weight is 956 g/mol. The molecule has 0 bridgehead atoms. The summed E-state index contributed by atoms with van der Waals surface area (Å²) in [6.45, 7) is 17.1. The SMILES string of the molecule is CC1(C)OB(B2OC(C)(C)C(C)(C)O2)OC1(C)C.CNC[C@]1(O)Cc2ccccc2[C@@H]1Oc1ccc(Br)cc1Cl.CNC[C@]1(O)Cc2ccccc2[C@@H]1Oc1ccc(O)cc1Cl. The lowest BCUT2D eigenvalue weighted by atomic mass is 9.49. The van der Waals surface area contributed by atoms with Gasteiger partial charge in [-0.2, -0.15) is 0 Å². The molecule has 0 amide bonds. The summed E-state index contributed by atoms with van der Waals surface area (Å²) in [4.78, 5) is 0. The third-order valence-electron chi connectivity index (χ3n) is 12.7. The fourth-order valence-electron chi connectivity index (χ4n) is 8.00. The zero-order chi connectivity index (χ0) is 45.5. The summed E-state index contributed by atoms with van der Waals surface area (Å²) in [6, 6.07) is 25.8. The Morgan fingerprint density at radius 3 is 1.35 bits per heavy atom. The van der Waals surface area contributed by atoms with E-state index < -0.39 is 37.4 Å². The van der Waals surface area contributed by atoms with Crippen LogP contribution < -0.4 is 20.1 Å². The minimum Gasteiger partial charge on any atom is -0.508 e. The molecule has 4 aliphatic rings. The van der Waals surface area contributed by atoms with Crippen molar-refractivity contribution in [2.75, 3.05) is 27.2 Å². The summed E-state index contributed by atoms with van der Waals surface area (Å²) in [5.74, 6) is 1.09. The molecule has 62 heavy (non-hydrogen) atoms. The molecule has 2 heterocycles. The van der Waals surface area contributed by atoms with E-state index in [0.717, 1.165) is 26.7 Å². The number of likely N-dealkylation sites (N-methyl/N-ethyl adjacent to an activating group) is 2. The fourth-order valence-corrected chi connectivity index (χ4v) is 8.94. The van der Waals surface area contributed by atoms with E-state index in [1.165, 1.54) is 12.1 Å². The van der Waals surface area contributed by atoms with Crippen LogP contribution >= 0.6 is 39.1 Å². The Labute approximate surface area is 385 Å². The van der Waals surface area contributed by atoms with Crippen LogP contribution in [-0.2, 0) is 31.5 Å². The lowest BCUT2D eigenvalue weighted by molar-refractivity contribution is -0.0485. The Morgan fingerprint density at radius 1 is 0.613 bits per heavy atom. The average Bonchev–Trinajstić information content (AvgIpc) is 3.78. The van der Waals surface area contributed by atoms with E-state index in [0.29, 0.717) is 47.5 Å². The molecule has 5 N–H and O–H groups in total. The highest BCUT2D eigenvalue weighted by molar-refractivity contribution is 9.10. The summed E-state index contributed by atoms with van der Waals surface area (Å²) in [7, 11) is 2.67. The first-order valence-corrected chi connectivity index (χ1v) is 22.4. The molecule has 11 nitrogen and oxygen atoms in total. The van der Waals surface area contributed by atoms with Gasteiger partial charge in [-0.15, -0.1) is 0 Å². The van der Waals surface area contributed by atoms with Gasteiger partial charge in [0.25, 0.3) is 0 Å². The van der Waals surface area contributed by atoms with E-state index in [2.05, 4.69) is 26.6 Å². The Kier molecular flexibility index (Phi) is 14.6. The smallest absolute Gasteiger partial charge is 0.488 e. The molecule has 4 aromatic rings. The van der Waals surface area contributed by atoms with Crippen LogP contribution in [0, 0.1) is 0 Å². The van der Waals surface area contributed by atoms with E-state index in [1.54, 1.807) is 19.2 Å². The van der Waals surface area contributed by atoms with Crippen molar-refractivity contribution in [3.8, 4) is 17.2 Å². The quantitative estimate of drug-likeness (QED) is 0.103. The zero-order valence-electron chi connectivity index (χ0n) is 37.1. The predicted molar refractivity (Wildman–Crippen MR) is 249 cm³/mol. The lowest BCUT2D eigenvalue weighted by Gasteiger charge is -2.32. The molecule has 16 heteroatoms. The maximum atomic E-state index is 11.0. The largest absolute Gasteiger partial charge is 0.508 e. The van der Waals surface area contributed by atoms with Crippen molar-refractivity contribution in [2.24, 2.45) is 0 Å². The molecular formula is C46H59B2BrCl2N2O9. The van der Waals surface area contributed by atoms with Gasteiger partial charge in [-0.1, -0.05) is 87.7 Å². The highest BCUT2D eigenvalue weighted by Gasteiger charge is 2.63. The van der Waals surface area contributed by atoms with Crippen molar-refractivity contribution in [3.63, 3.8) is 0 Å². The number of benzene rings is 4. The second-order valence-electron chi connectivity index (χ2n) is 18.5. The van der Waals surface area contributed by atoms with Crippen LogP contribution in [0.25, 0.3) is 0 Å². The van der Waals surface area contributed by atoms with Crippen LogP contribution in [0.5, 0.6) is 17.2 Å². The number of aliphatic hydroxyl groups is 2. The van der Waals surface area contributed by atoms with E-state index in [9.17, 15) is 15.3 Å².